The van der Waals surface area contributed by atoms with Crippen molar-refractivity contribution in [2.45, 2.75) is 25.8 Å². The van der Waals surface area contributed by atoms with Gasteiger partial charge in [0.1, 0.15) is 0 Å². The molecular formula is C8H18N2. The van der Waals surface area contributed by atoms with E-state index in [1.807, 2.05) is 0 Å². The smallest absolute Gasteiger partial charge is 0.0295 e. The van der Waals surface area contributed by atoms with Gasteiger partial charge in [0, 0.05) is 18.6 Å². The summed E-state index contributed by atoms with van der Waals surface area (Å²) in [5.74, 6) is 0.692. The molecule has 60 valence electrons. The van der Waals surface area contributed by atoms with Crippen LogP contribution in [0, 0.1) is 5.92 Å². The second-order valence-electron chi connectivity index (χ2n) is 3.81. The summed E-state index contributed by atoms with van der Waals surface area (Å²) in [6.07, 6.45) is 1.21. The molecule has 1 heterocycles. The molecule has 0 radical (unpaired) electrons. The van der Waals surface area contributed by atoms with Crippen LogP contribution in [0.1, 0.15) is 20.3 Å². The molecular weight excluding hydrogens is 124 g/mol. The fourth-order valence-electron chi connectivity index (χ4n) is 1.96. The van der Waals surface area contributed by atoms with Crippen molar-refractivity contribution in [2.24, 2.45) is 11.7 Å². The van der Waals surface area contributed by atoms with Gasteiger partial charge in [0.15, 0.2) is 0 Å². The summed E-state index contributed by atoms with van der Waals surface area (Å²) in [7, 11) is 2.14. The van der Waals surface area contributed by atoms with Crippen molar-refractivity contribution in [2.75, 3.05) is 20.1 Å². The van der Waals surface area contributed by atoms with Crippen LogP contribution in [0.2, 0.25) is 0 Å². The van der Waals surface area contributed by atoms with Crippen LogP contribution in [-0.4, -0.2) is 30.6 Å². The van der Waals surface area contributed by atoms with Crippen LogP contribution in [0.5, 0.6) is 0 Å². The van der Waals surface area contributed by atoms with E-state index in [0.29, 0.717) is 5.92 Å². The van der Waals surface area contributed by atoms with Crippen LogP contribution in [0.25, 0.3) is 0 Å². The fraction of sp³-hybridized carbons (Fsp3) is 1.00. The second-order valence-corrected chi connectivity index (χ2v) is 3.81. The molecule has 0 bridgehead atoms. The van der Waals surface area contributed by atoms with Gasteiger partial charge in [-0.2, -0.15) is 0 Å². The van der Waals surface area contributed by atoms with Crippen LogP contribution < -0.4 is 5.73 Å². The largest absolute Gasteiger partial charge is 0.324 e. The van der Waals surface area contributed by atoms with Crippen LogP contribution in [0.4, 0.5) is 0 Å². The number of likely N-dealkylation sites (tertiary alicyclic amines) is 1. The van der Waals surface area contributed by atoms with Gasteiger partial charge in [0.25, 0.3) is 0 Å². The van der Waals surface area contributed by atoms with Crippen molar-refractivity contribution in [3.63, 3.8) is 0 Å². The van der Waals surface area contributed by atoms with E-state index in [4.69, 9.17) is 5.73 Å². The molecule has 0 amide bonds. The normalized spacial score (nSPS) is 42.6. The Bertz CT molecular complexity index is 120. The van der Waals surface area contributed by atoms with E-state index in [-0.39, 0.29) is 5.54 Å². The third-order valence-corrected chi connectivity index (χ3v) is 2.57. The average molecular weight is 142 g/mol. The monoisotopic (exact) mass is 142 g/mol. The zero-order valence-electron chi connectivity index (χ0n) is 7.22. The Morgan fingerprint density at radius 2 is 2.30 bits per heavy atom. The van der Waals surface area contributed by atoms with E-state index in [0.717, 1.165) is 6.54 Å². The van der Waals surface area contributed by atoms with Crippen LogP contribution >= 0.6 is 0 Å². The predicted octanol–water partition coefficient (Wildman–Crippen LogP) is 0.675. The summed E-state index contributed by atoms with van der Waals surface area (Å²) in [6.45, 7) is 6.59. The topological polar surface area (TPSA) is 29.3 Å². The van der Waals surface area contributed by atoms with E-state index in [9.17, 15) is 0 Å². The molecule has 0 saturated carbocycles. The standard InChI is InChI=1S/C8H18N2/c1-4-7-5-10(3)6-8(7,2)9/h7H,4-6,9H2,1-3H3. The Kier molecular flexibility index (Phi) is 2.02. The molecule has 0 spiro atoms. The van der Waals surface area contributed by atoms with E-state index in [1.54, 1.807) is 0 Å². The third kappa shape index (κ3) is 1.32. The molecule has 0 aromatic rings. The number of rotatable bonds is 1. The summed E-state index contributed by atoms with van der Waals surface area (Å²) in [5, 5.41) is 0. The highest BCUT2D eigenvalue weighted by Gasteiger charge is 2.36. The predicted molar refractivity (Wildman–Crippen MR) is 43.9 cm³/mol. The van der Waals surface area contributed by atoms with E-state index >= 15 is 0 Å². The molecule has 1 fully saturated rings. The summed E-state index contributed by atoms with van der Waals surface area (Å²) in [5.41, 5.74) is 6.14. The van der Waals surface area contributed by atoms with Crippen molar-refractivity contribution in [3.8, 4) is 0 Å². The van der Waals surface area contributed by atoms with Gasteiger partial charge in [-0.25, -0.2) is 0 Å². The minimum absolute atomic E-state index is 0.0590. The Morgan fingerprint density at radius 1 is 1.70 bits per heavy atom. The second kappa shape index (κ2) is 2.51. The number of hydrogen-bond acceptors (Lipinski definition) is 2. The zero-order valence-corrected chi connectivity index (χ0v) is 7.22. The van der Waals surface area contributed by atoms with Crippen molar-refractivity contribution >= 4 is 0 Å². The highest BCUT2D eigenvalue weighted by Crippen LogP contribution is 2.25. The highest BCUT2D eigenvalue weighted by molar-refractivity contribution is 4.95. The maximum atomic E-state index is 6.08. The summed E-state index contributed by atoms with van der Waals surface area (Å²) < 4.78 is 0. The van der Waals surface area contributed by atoms with Gasteiger partial charge < -0.3 is 10.6 Å². The van der Waals surface area contributed by atoms with Gasteiger partial charge in [-0.15, -0.1) is 0 Å². The van der Waals surface area contributed by atoms with Crippen LogP contribution in [0.3, 0.4) is 0 Å². The lowest BCUT2D eigenvalue weighted by Crippen LogP contribution is -2.43. The molecule has 2 unspecified atom stereocenters. The Balaban J connectivity index is 2.58. The molecule has 2 atom stereocenters. The minimum atomic E-state index is 0.0590. The quantitative estimate of drug-likeness (QED) is 0.583. The first kappa shape index (κ1) is 8.02. The van der Waals surface area contributed by atoms with Crippen molar-refractivity contribution in [1.82, 2.24) is 4.90 Å². The lowest BCUT2D eigenvalue weighted by Gasteiger charge is -2.24. The van der Waals surface area contributed by atoms with Gasteiger partial charge >= 0.3 is 0 Å². The average Bonchev–Trinajstić information content (AvgIpc) is 2.04. The molecule has 1 aliphatic rings. The lowest BCUT2D eigenvalue weighted by atomic mass is 9.88. The minimum Gasteiger partial charge on any atom is -0.324 e. The van der Waals surface area contributed by atoms with Gasteiger partial charge in [0.05, 0.1) is 0 Å². The number of hydrogen-bond donors (Lipinski definition) is 1. The van der Waals surface area contributed by atoms with Crippen LogP contribution in [-0.2, 0) is 0 Å². The molecule has 2 N–H and O–H groups in total. The first-order valence-corrected chi connectivity index (χ1v) is 4.03. The molecule has 1 aliphatic heterocycles. The van der Waals surface area contributed by atoms with Crippen molar-refractivity contribution in [1.29, 1.82) is 0 Å². The first-order chi connectivity index (χ1) is 4.56. The van der Waals surface area contributed by atoms with Crippen LogP contribution in [0.15, 0.2) is 0 Å². The fourth-order valence-corrected chi connectivity index (χ4v) is 1.96. The molecule has 0 aliphatic carbocycles. The van der Waals surface area contributed by atoms with Crippen molar-refractivity contribution < 1.29 is 0 Å². The highest BCUT2D eigenvalue weighted by atomic mass is 15.2. The number of likely N-dealkylation sites (N-methyl/N-ethyl adjacent to an activating group) is 1. The number of nitrogens with zero attached hydrogens (tertiary/aromatic N) is 1. The Hall–Kier alpha value is -0.0800. The Labute approximate surface area is 63.4 Å². The van der Waals surface area contributed by atoms with E-state index < -0.39 is 0 Å². The summed E-state index contributed by atoms with van der Waals surface area (Å²) >= 11 is 0. The summed E-state index contributed by atoms with van der Waals surface area (Å²) in [4.78, 5) is 2.31. The maximum Gasteiger partial charge on any atom is 0.0295 e. The molecule has 10 heavy (non-hydrogen) atoms. The molecule has 0 aromatic carbocycles. The molecule has 1 saturated heterocycles. The van der Waals surface area contributed by atoms with Gasteiger partial charge in [0.2, 0.25) is 0 Å². The number of nitrogens with two attached hydrogens (primary N) is 1. The molecule has 0 aromatic heterocycles. The van der Waals surface area contributed by atoms with E-state index in [2.05, 4.69) is 25.8 Å². The van der Waals surface area contributed by atoms with Gasteiger partial charge in [-0.1, -0.05) is 13.3 Å². The summed E-state index contributed by atoms with van der Waals surface area (Å²) in [6, 6.07) is 0. The SMILES string of the molecule is CCC1CN(C)CC1(C)N. The van der Waals surface area contributed by atoms with Gasteiger partial charge in [-0.05, 0) is 19.9 Å². The van der Waals surface area contributed by atoms with Crippen molar-refractivity contribution in [3.05, 3.63) is 0 Å². The maximum absolute atomic E-state index is 6.08. The Morgan fingerprint density at radius 3 is 2.50 bits per heavy atom. The molecule has 2 heteroatoms. The molecule has 2 nitrogen and oxygen atoms in total. The van der Waals surface area contributed by atoms with E-state index in [1.165, 1.54) is 13.0 Å². The third-order valence-electron chi connectivity index (χ3n) is 2.57. The molecule has 1 rings (SSSR count). The first-order valence-electron chi connectivity index (χ1n) is 4.03. The lowest BCUT2D eigenvalue weighted by molar-refractivity contribution is 0.364. The van der Waals surface area contributed by atoms with Gasteiger partial charge in [-0.3, -0.25) is 0 Å². The zero-order chi connectivity index (χ0) is 7.78.